The molecular weight excluding hydrogens is 345 g/mol. The van der Waals surface area contributed by atoms with Gasteiger partial charge in [0.15, 0.2) is 0 Å². The van der Waals surface area contributed by atoms with Gasteiger partial charge in [-0.05, 0) is 48.9 Å². The van der Waals surface area contributed by atoms with Crippen molar-refractivity contribution < 1.29 is 4.79 Å². The fraction of sp³-hybridized carbons (Fsp3) is 0.278. The highest BCUT2D eigenvalue weighted by molar-refractivity contribution is 6.31. The van der Waals surface area contributed by atoms with Gasteiger partial charge < -0.3 is 15.1 Å². The first kappa shape index (κ1) is 16.9. The van der Waals surface area contributed by atoms with Crippen molar-refractivity contribution >= 4 is 40.6 Å². The fourth-order valence-corrected chi connectivity index (χ4v) is 3.21. The van der Waals surface area contributed by atoms with Crippen molar-refractivity contribution in [1.82, 2.24) is 4.90 Å². The van der Waals surface area contributed by atoms with Crippen LogP contribution in [0.25, 0.3) is 0 Å². The first-order valence-electron chi connectivity index (χ1n) is 7.85. The largest absolute Gasteiger partial charge is 0.368 e. The predicted molar refractivity (Wildman–Crippen MR) is 100 cm³/mol. The zero-order chi connectivity index (χ0) is 17.1. The summed E-state index contributed by atoms with van der Waals surface area (Å²) in [5.41, 5.74) is 2.84. The van der Waals surface area contributed by atoms with Gasteiger partial charge in [0.25, 0.3) is 0 Å². The summed E-state index contributed by atoms with van der Waals surface area (Å²) in [6.45, 7) is 4.84. The summed E-state index contributed by atoms with van der Waals surface area (Å²) in [7, 11) is 0. The standard InChI is InChI=1S/C18H19Cl2N3O/c1-13-11-15(20)5-6-17(13)21-18(24)23-9-7-22(8-10-23)16-4-2-3-14(19)12-16/h2-6,11-12H,7-10H2,1H3,(H,21,24). The summed E-state index contributed by atoms with van der Waals surface area (Å²) in [5, 5.41) is 4.35. The Morgan fingerprint density at radius 2 is 1.71 bits per heavy atom. The number of hydrogen-bond donors (Lipinski definition) is 1. The maximum atomic E-state index is 12.4. The molecule has 1 aliphatic rings. The molecule has 3 rings (SSSR count). The van der Waals surface area contributed by atoms with E-state index < -0.39 is 0 Å². The van der Waals surface area contributed by atoms with Gasteiger partial charge in [-0.1, -0.05) is 29.3 Å². The Bertz CT molecular complexity index is 743. The number of anilines is 2. The van der Waals surface area contributed by atoms with E-state index in [4.69, 9.17) is 23.2 Å². The van der Waals surface area contributed by atoms with Gasteiger partial charge in [-0.15, -0.1) is 0 Å². The predicted octanol–water partition coefficient (Wildman–Crippen LogP) is 4.66. The molecule has 0 unspecified atom stereocenters. The van der Waals surface area contributed by atoms with E-state index in [-0.39, 0.29) is 6.03 Å². The van der Waals surface area contributed by atoms with Gasteiger partial charge in [0, 0.05) is 47.6 Å². The van der Waals surface area contributed by atoms with Crippen LogP contribution in [-0.2, 0) is 0 Å². The van der Waals surface area contributed by atoms with Crippen molar-refractivity contribution in [3.05, 3.63) is 58.1 Å². The highest BCUT2D eigenvalue weighted by Gasteiger charge is 2.21. The molecule has 1 aliphatic heterocycles. The van der Waals surface area contributed by atoms with Crippen LogP contribution in [0.3, 0.4) is 0 Å². The van der Waals surface area contributed by atoms with Crippen LogP contribution in [0, 0.1) is 6.92 Å². The van der Waals surface area contributed by atoms with Gasteiger partial charge in [-0.3, -0.25) is 0 Å². The lowest BCUT2D eigenvalue weighted by Gasteiger charge is -2.36. The number of hydrogen-bond acceptors (Lipinski definition) is 2. The summed E-state index contributed by atoms with van der Waals surface area (Å²) in [4.78, 5) is 16.5. The second-order valence-corrected chi connectivity index (χ2v) is 6.72. The number of halogens is 2. The fourth-order valence-electron chi connectivity index (χ4n) is 2.80. The number of carbonyl (C=O) groups is 1. The van der Waals surface area contributed by atoms with Crippen molar-refractivity contribution in [2.24, 2.45) is 0 Å². The molecule has 0 atom stereocenters. The lowest BCUT2D eigenvalue weighted by atomic mass is 10.2. The summed E-state index contributed by atoms with van der Waals surface area (Å²) in [6, 6.07) is 13.2. The second kappa shape index (κ2) is 7.32. The lowest BCUT2D eigenvalue weighted by Crippen LogP contribution is -2.50. The number of aryl methyl sites for hydroxylation is 1. The Hall–Kier alpha value is -1.91. The van der Waals surface area contributed by atoms with Crippen molar-refractivity contribution in [3.63, 3.8) is 0 Å². The third-order valence-corrected chi connectivity index (χ3v) is 4.64. The molecule has 6 heteroatoms. The van der Waals surface area contributed by atoms with Gasteiger partial charge >= 0.3 is 6.03 Å². The number of carbonyl (C=O) groups excluding carboxylic acids is 1. The van der Waals surface area contributed by atoms with E-state index in [0.29, 0.717) is 18.1 Å². The normalized spacial score (nSPS) is 14.6. The van der Waals surface area contributed by atoms with Crippen molar-refractivity contribution in [2.45, 2.75) is 6.92 Å². The van der Waals surface area contributed by atoms with Crippen LogP contribution in [0.5, 0.6) is 0 Å². The zero-order valence-corrected chi connectivity index (χ0v) is 14.9. The molecule has 0 bridgehead atoms. The van der Waals surface area contributed by atoms with Crippen molar-refractivity contribution in [3.8, 4) is 0 Å². The Labute approximate surface area is 152 Å². The first-order chi connectivity index (χ1) is 11.5. The van der Waals surface area contributed by atoms with Crippen molar-refractivity contribution in [2.75, 3.05) is 36.4 Å². The van der Waals surface area contributed by atoms with E-state index in [9.17, 15) is 4.79 Å². The molecule has 126 valence electrons. The van der Waals surface area contributed by atoms with E-state index in [1.165, 1.54) is 0 Å². The number of rotatable bonds is 2. The summed E-state index contributed by atoms with van der Waals surface area (Å²) in [5.74, 6) is 0. The molecule has 2 amide bonds. The van der Waals surface area contributed by atoms with Crippen LogP contribution < -0.4 is 10.2 Å². The van der Waals surface area contributed by atoms with Crippen molar-refractivity contribution in [1.29, 1.82) is 0 Å². The maximum Gasteiger partial charge on any atom is 0.321 e. The molecule has 0 spiro atoms. The smallest absolute Gasteiger partial charge is 0.321 e. The van der Waals surface area contributed by atoms with E-state index in [0.717, 1.165) is 35.1 Å². The van der Waals surface area contributed by atoms with E-state index in [1.54, 1.807) is 6.07 Å². The third-order valence-electron chi connectivity index (χ3n) is 4.17. The molecule has 4 nitrogen and oxygen atoms in total. The monoisotopic (exact) mass is 363 g/mol. The van der Waals surface area contributed by atoms with Crippen LogP contribution >= 0.6 is 23.2 Å². The van der Waals surface area contributed by atoms with Crippen LogP contribution in [0.2, 0.25) is 10.0 Å². The van der Waals surface area contributed by atoms with Gasteiger partial charge in [0.1, 0.15) is 0 Å². The minimum atomic E-state index is -0.0776. The summed E-state index contributed by atoms with van der Waals surface area (Å²) >= 11 is 12.0. The molecule has 1 saturated heterocycles. The summed E-state index contributed by atoms with van der Waals surface area (Å²) < 4.78 is 0. The van der Waals surface area contributed by atoms with Gasteiger partial charge in [0.05, 0.1) is 0 Å². The SMILES string of the molecule is Cc1cc(Cl)ccc1NC(=O)N1CCN(c2cccc(Cl)c2)CC1. The molecule has 1 heterocycles. The number of piperazine rings is 1. The Morgan fingerprint density at radius 3 is 2.38 bits per heavy atom. The minimum Gasteiger partial charge on any atom is -0.368 e. The van der Waals surface area contributed by atoms with Gasteiger partial charge in [-0.25, -0.2) is 4.79 Å². The molecule has 24 heavy (non-hydrogen) atoms. The number of nitrogens with zero attached hydrogens (tertiary/aromatic N) is 2. The Morgan fingerprint density at radius 1 is 1.00 bits per heavy atom. The van der Waals surface area contributed by atoms with Crippen LogP contribution in [0.4, 0.5) is 16.2 Å². The van der Waals surface area contributed by atoms with E-state index in [1.807, 2.05) is 48.2 Å². The van der Waals surface area contributed by atoms with Crippen LogP contribution in [0.1, 0.15) is 5.56 Å². The minimum absolute atomic E-state index is 0.0776. The third kappa shape index (κ3) is 3.94. The molecule has 2 aromatic carbocycles. The van der Waals surface area contributed by atoms with E-state index >= 15 is 0 Å². The quantitative estimate of drug-likeness (QED) is 0.842. The Balaban J connectivity index is 1.59. The lowest BCUT2D eigenvalue weighted by molar-refractivity contribution is 0.208. The van der Waals surface area contributed by atoms with Crippen LogP contribution in [0.15, 0.2) is 42.5 Å². The highest BCUT2D eigenvalue weighted by Crippen LogP contribution is 2.22. The Kier molecular flexibility index (Phi) is 5.17. The van der Waals surface area contributed by atoms with Gasteiger partial charge in [0.2, 0.25) is 0 Å². The number of urea groups is 1. The molecule has 0 radical (unpaired) electrons. The van der Waals surface area contributed by atoms with Gasteiger partial charge in [-0.2, -0.15) is 0 Å². The summed E-state index contributed by atoms with van der Waals surface area (Å²) in [6.07, 6.45) is 0. The molecule has 0 saturated carbocycles. The zero-order valence-electron chi connectivity index (χ0n) is 13.4. The average Bonchev–Trinajstić information content (AvgIpc) is 2.57. The topological polar surface area (TPSA) is 35.6 Å². The van der Waals surface area contributed by atoms with E-state index in [2.05, 4.69) is 10.2 Å². The average molecular weight is 364 g/mol. The highest BCUT2D eigenvalue weighted by atomic mass is 35.5. The second-order valence-electron chi connectivity index (χ2n) is 5.84. The van der Waals surface area contributed by atoms with Crippen LogP contribution in [-0.4, -0.2) is 37.1 Å². The molecule has 1 N–H and O–H groups in total. The number of benzene rings is 2. The first-order valence-corrected chi connectivity index (χ1v) is 8.61. The molecule has 2 aromatic rings. The molecule has 0 aromatic heterocycles. The number of amides is 2. The molecular formula is C18H19Cl2N3O. The number of nitrogens with one attached hydrogen (secondary N) is 1. The maximum absolute atomic E-state index is 12.4. The molecule has 0 aliphatic carbocycles. The molecule has 1 fully saturated rings.